The van der Waals surface area contributed by atoms with Gasteiger partial charge in [-0.25, -0.2) is 9.78 Å². The van der Waals surface area contributed by atoms with Crippen LogP contribution in [0.25, 0.3) is 0 Å². The van der Waals surface area contributed by atoms with Crippen molar-refractivity contribution >= 4 is 17.6 Å². The molecule has 4 nitrogen and oxygen atoms in total. The Morgan fingerprint density at radius 2 is 2.00 bits per heavy atom. The summed E-state index contributed by atoms with van der Waals surface area (Å²) in [6, 6.07) is 5.84. The first-order valence-corrected chi connectivity index (χ1v) is 7.30. The number of hydrogen-bond donors (Lipinski definition) is 0. The van der Waals surface area contributed by atoms with E-state index >= 15 is 0 Å². The van der Waals surface area contributed by atoms with E-state index in [0.29, 0.717) is 5.56 Å². The number of ether oxygens (including phenoxy) is 2. The summed E-state index contributed by atoms with van der Waals surface area (Å²) < 4.78 is 48.3. The zero-order valence-electron chi connectivity index (χ0n) is 12.6. The van der Waals surface area contributed by atoms with Gasteiger partial charge in [-0.3, -0.25) is 0 Å². The minimum atomic E-state index is -4.49. The van der Waals surface area contributed by atoms with E-state index in [0.717, 1.165) is 18.2 Å². The van der Waals surface area contributed by atoms with Gasteiger partial charge >= 0.3 is 12.1 Å². The SMILES string of the molecule is CCOC(=O)c1cc(COc2cc(C(F)(F)F)ccc2Cl)ccn1. The molecule has 1 aromatic heterocycles. The molecule has 0 radical (unpaired) electrons. The summed E-state index contributed by atoms with van der Waals surface area (Å²) in [4.78, 5) is 15.5. The molecule has 0 spiro atoms. The molecule has 0 aliphatic heterocycles. The molecule has 2 aromatic rings. The zero-order valence-corrected chi connectivity index (χ0v) is 13.3. The second kappa shape index (κ2) is 7.53. The Kier molecular flexibility index (Phi) is 5.66. The first-order valence-electron chi connectivity index (χ1n) is 6.93. The maximum atomic E-state index is 12.7. The summed E-state index contributed by atoms with van der Waals surface area (Å²) >= 11 is 5.86. The number of carbonyl (C=O) groups is 1. The van der Waals surface area contributed by atoms with Crippen LogP contribution in [0.4, 0.5) is 13.2 Å². The summed E-state index contributed by atoms with van der Waals surface area (Å²) in [6.45, 7) is 1.80. The Bertz CT molecular complexity index is 735. The van der Waals surface area contributed by atoms with Gasteiger partial charge in [0.1, 0.15) is 18.1 Å². The maximum absolute atomic E-state index is 12.7. The van der Waals surface area contributed by atoms with Crippen molar-refractivity contribution in [1.82, 2.24) is 4.98 Å². The number of halogens is 4. The minimum absolute atomic E-state index is 0.0580. The fourth-order valence-electron chi connectivity index (χ4n) is 1.83. The molecule has 0 saturated carbocycles. The van der Waals surface area contributed by atoms with Crippen molar-refractivity contribution in [3.63, 3.8) is 0 Å². The molecule has 0 atom stereocenters. The summed E-state index contributed by atoms with van der Waals surface area (Å²) in [5.74, 6) is -0.683. The molecule has 8 heteroatoms. The van der Waals surface area contributed by atoms with Gasteiger partial charge in [0.25, 0.3) is 0 Å². The van der Waals surface area contributed by atoms with Crippen molar-refractivity contribution in [2.75, 3.05) is 6.61 Å². The van der Waals surface area contributed by atoms with Crippen molar-refractivity contribution in [3.05, 3.63) is 58.4 Å². The predicted octanol–water partition coefficient (Wildman–Crippen LogP) is 4.51. The molecule has 2 rings (SSSR count). The van der Waals surface area contributed by atoms with Crippen LogP contribution in [0.3, 0.4) is 0 Å². The maximum Gasteiger partial charge on any atom is 0.416 e. The van der Waals surface area contributed by atoms with Crippen LogP contribution in [0.1, 0.15) is 28.5 Å². The smallest absolute Gasteiger partial charge is 0.416 e. The predicted molar refractivity (Wildman–Crippen MR) is 81.0 cm³/mol. The first-order chi connectivity index (χ1) is 11.3. The van der Waals surface area contributed by atoms with Crippen LogP contribution < -0.4 is 4.74 Å². The Morgan fingerprint density at radius 3 is 2.67 bits per heavy atom. The summed E-state index contributed by atoms with van der Waals surface area (Å²) in [6.07, 6.45) is -3.10. The lowest BCUT2D eigenvalue weighted by atomic mass is 10.2. The van der Waals surface area contributed by atoms with Gasteiger partial charge < -0.3 is 9.47 Å². The van der Waals surface area contributed by atoms with Crippen LogP contribution in [-0.4, -0.2) is 17.6 Å². The lowest BCUT2D eigenvalue weighted by molar-refractivity contribution is -0.137. The quantitative estimate of drug-likeness (QED) is 0.737. The van der Waals surface area contributed by atoms with E-state index in [1.165, 1.54) is 12.3 Å². The number of nitrogens with zero attached hydrogens (tertiary/aromatic N) is 1. The van der Waals surface area contributed by atoms with Gasteiger partial charge in [0.05, 0.1) is 17.2 Å². The summed E-state index contributed by atoms with van der Waals surface area (Å²) in [5.41, 5.74) is -0.224. The minimum Gasteiger partial charge on any atom is -0.487 e. The van der Waals surface area contributed by atoms with Crippen molar-refractivity contribution in [3.8, 4) is 5.75 Å². The van der Waals surface area contributed by atoms with Crippen LogP contribution in [0.5, 0.6) is 5.75 Å². The Labute approximate surface area is 141 Å². The number of carbonyl (C=O) groups excluding carboxylic acids is 1. The van der Waals surface area contributed by atoms with E-state index in [-0.39, 0.29) is 29.7 Å². The Balaban J connectivity index is 2.14. The highest BCUT2D eigenvalue weighted by atomic mass is 35.5. The Hall–Kier alpha value is -2.28. The van der Waals surface area contributed by atoms with Crippen molar-refractivity contribution in [2.24, 2.45) is 0 Å². The number of pyridine rings is 1. The first kappa shape index (κ1) is 18.1. The molecular weight excluding hydrogens is 347 g/mol. The largest absolute Gasteiger partial charge is 0.487 e. The number of rotatable bonds is 5. The molecule has 0 aliphatic rings. The van der Waals surface area contributed by atoms with Crippen molar-refractivity contribution in [1.29, 1.82) is 0 Å². The number of esters is 1. The van der Waals surface area contributed by atoms with E-state index in [1.54, 1.807) is 13.0 Å². The van der Waals surface area contributed by atoms with Gasteiger partial charge in [-0.15, -0.1) is 0 Å². The van der Waals surface area contributed by atoms with Gasteiger partial charge in [0, 0.05) is 6.20 Å². The second-order valence-corrected chi connectivity index (χ2v) is 5.11. The van der Waals surface area contributed by atoms with E-state index in [9.17, 15) is 18.0 Å². The van der Waals surface area contributed by atoms with Crippen LogP contribution >= 0.6 is 11.6 Å². The highest BCUT2D eigenvalue weighted by molar-refractivity contribution is 6.32. The molecule has 1 aromatic carbocycles. The third-order valence-corrected chi connectivity index (χ3v) is 3.27. The number of hydrogen-bond acceptors (Lipinski definition) is 4. The molecule has 24 heavy (non-hydrogen) atoms. The molecule has 0 bridgehead atoms. The third kappa shape index (κ3) is 4.61. The van der Waals surface area contributed by atoms with E-state index in [1.807, 2.05) is 0 Å². The average molecular weight is 360 g/mol. The van der Waals surface area contributed by atoms with Gasteiger partial charge in [-0.2, -0.15) is 13.2 Å². The summed E-state index contributed by atoms with van der Waals surface area (Å²) in [7, 11) is 0. The molecule has 0 fully saturated rings. The molecule has 0 amide bonds. The van der Waals surface area contributed by atoms with Crippen LogP contribution in [0.15, 0.2) is 36.5 Å². The lowest BCUT2D eigenvalue weighted by Gasteiger charge is -2.12. The second-order valence-electron chi connectivity index (χ2n) is 4.70. The van der Waals surface area contributed by atoms with Crippen LogP contribution in [-0.2, 0) is 17.5 Å². The molecule has 1 heterocycles. The van der Waals surface area contributed by atoms with Crippen molar-refractivity contribution in [2.45, 2.75) is 19.7 Å². The number of aromatic nitrogens is 1. The lowest BCUT2D eigenvalue weighted by Crippen LogP contribution is -2.08. The van der Waals surface area contributed by atoms with Gasteiger partial charge in [0.2, 0.25) is 0 Å². The number of benzene rings is 1. The monoisotopic (exact) mass is 359 g/mol. The van der Waals surface area contributed by atoms with Gasteiger partial charge in [-0.05, 0) is 42.8 Å². The normalized spacial score (nSPS) is 11.2. The topological polar surface area (TPSA) is 48.4 Å². The van der Waals surface area contributed by atoms with Crippen LogP contribution in [0, 0.1) is 0 Å². The zero-order chi connectivity index (χ0) is 17.7. The van der Waals surface area contributed by atoms with Gasteiger partial charge in [-0.1, -0.05) is 11.6 Å². The van der Waals surface area contributed by atoms with E-state index in [2.05, 4.69) is 4.98 Å². The molecule has 128 valence electrons. The molecule has 0 saturated heterocycles. The van der Waals surface area contributed by atoms with Crippen molar-refractivity contribution < 1.29 is 27.4 Å². The van der Waals surface area contributed by atoms with Gasteiger partial charge in [0.15, 0.2) is 0 Å². The fourth-order valence-corrected chi connectivity index (χ4v) is 2.00. The molecular formula is C16H13ClF3NO3. The molecule has 0 aliphatic carbocycles. The standard InChI is InChI=1S/C16H13ClF3NO3/c1-2-23-15(22)13-7-10(5-6-21-13)9-24-14-8-11(16(18,19)20)3-4-12(14)17/h3-8H,2,9H2,1H3. The van der Waals surface area contributed by atoms with Crippen LogP contribution in [0.2, 0.25) is 5.02 Å². The molecule has 0 N–H and O–H groups in total. The fraction of sp³-hybridized carbons (Fsp3) is 0.250. The molecule has 0 unspecified atom stereocenters. The van der Waals surface area contributed by atoms with E-state index < -0.39 is 17.7 Å². The number of alkyl halides is 3. The Morgan fingerprint density at radius 1 is 1.25 bits per heavy atom. The average Bonchev–Trinajstić information content (AvgIpc) is 2.53. The third-order valence-electron chi connectivity index (χ3n) is 2.96. The van der Waals surface area contributed by atoms with E-state index in [4.69, 9.17) is 21.1 Å². The highest BCUT2D eigenvalue weighted by Gasteiger charge is 2.31. The highest BCUT2D eigenvalue weighted by Crippen LogP contribution is 2.35. The summed E-state index contributed by atoms with van der Waals surface area (Å²) in [5, 5.41) is 0.0580.